The predicted molar refractivity (Wildman–Crippen MR) is 81.3 cm³/mol. The number of halogens is 3. The minimum Gasteiger partial charge on any atom is -0.352 e. The van der Waals surface area contributed by atoms with Gasteiger partial charge in [-0.15, -0.1) is 0 Å². The van der Waals surface area contributed by atoms with E-state index in [-0.39, 0.29) is 5.91 Å². The average Bonchev–Trinajstić information content (AvgIpc) is 2.44. The van der Waals surface area contributed by atoms with E-state index in [1.807, 2.05) is 13.8 Å². The molecule has 0 saturated heterocycles. The summed E-state index contributed by atoms with van der Waals surface area (Å²) in [4.78, 5) is 11.4. The zero-order valence-corrected chi connectivity index (χ0v) is 12.7. The van der Waals surface area contributed by atoms with Crippen molar-refractivity contribution >= 4 is 5.91 Å². The molecular weight excluding hydrogens is 291 g/mol. The second-order valence-corrected chi connectivity index (χ2v) is 5.33. The van der Waals surface area contributed by atoms with Gasteiger partial charge in [0.2, 0.25) is 5.91 Å². The average molecular weight is 311 g/mol. The third-order valence-electron chi connectivity index (χ3n) is 2.79. The lowest BCUT2D eigenvalue weighted by Crippen LogP contribution is -2.25. The minimum absolute atomic E-state index is 0.183. The highest BCUT2D eigenvalue weighted by atomic mass is 19.4. The molecule has 1 aromatic rings. The van der Waals surface area contributed by atoms with Gasteiger partial charge in [0.25, 0.3) is 0 Å². The first-order valence-corrected chi connectivity index (χ1v) is 7.06. The SMILES string of the molecule is CC(C)CNC(=O)/C=C/C=C/Cc1cccc(C(F)(F)F)c1. The molecule has 0 saturated carbocycles. The molecule has 0 atom stereocenters. The molecule has 5 heteroatoms. The van der Waals surface area contributed by atoms with E-state index in [1.54, 1.807) is 24.3 Å². The summed E-state index contributed by atoms with van der Waals surface area (Å²) in [5.41, 5.74) is -0.0780. The van der Waals surface area contributed by atoms with Crippen molar-refractivity contribution in [3.63, 3.8) is 0 Å². The smallest absolute Gasteiger partial charge is 0.352 e. The van der Waals surface area contributed by atoms with Crippen molar-refractivity contribution in [2.75, 3.05) is 6.54 Å². The van der Waals surface area contributed by atoms with Gasteiger partial charge in [-0.25, -0.2) is 0 Å². The molecule has 0 radical (unpaired) electrons. The van der Waals surface area contributed by atoms with E-state index in [1.165, 1.54) is 12.1 Å². The van der Waals surface area contributed by atoms with Crippen molar-refractivity contribution < 1.29 is 18.0 Å². The van der Waals surface area contributed by atoms with Gasteiger partial charge in [-0.3, -0.25) is 4.79 Å². The number of amides is 1. The molecule has 0 spiro atoms. The third kappa shape index (κ3) is 7.11. The van der Waals surface area contributed by atoms with Crippen LogP contribution in [0.15, 0.2) is 48.6 Å². The Kier molecular flexibility index (Phi) is 6.89. The first-order valence-electron chi connectivity index (χ1n) is 7.06. The maximum absolute atomic E-state index is 12.6. The number of hydrogen-bond acceptors (Lipinski definition) is 1. The summed E-state index contributed by atoms with van der Waals surface area (Å²) in [6.07, 6.45) is 2.38. The molecule has 1 N–H and O–H groups in total. The molecule has 22 heavy (non-hydrogen) atoms. The minimum atomic E-state index is -4.33. The summed E-state index contributed by atoms with van der Waals surface area (Å²) in [6, 6.07) is 5.20. The molecule has 1 aromatic carbocycles. The van der Waals surface area contributed by atoms with E-state index in [9.17, 15) is 18.0 Å². The number of nitrogens with one attached hydrogen (secondary N) is 1. The summed E-state index contributed by atoms with van der Waals surface area (Å²) < 4.78 is 37.7. The highest BCUT2D eigenvalue weighted by Gasteiger charge is 2.30. The van der Waals surface area contributed by atoms with E-state index in [0.29, 0.717) is 24.4 Å². The number of carbonyl (C=O) groups is 1. The van der Waals surface area contributed by atoms with E-state index in [4.69, 9.17) is 0 Å². The second-order valence-electron chi connectivity index (χ2n) is 5.33. The van der Waals surface area contributed by atoms with Crippen LogP contribution >= 0.6 is 0 Å². The number of rotatable bonds is 6. The highest BCUT2D eigenvalue weighted by molar-refractivity contribution is 5.87. The van der Waals surface area contributed by atoms with E-state index in [2.05, 4.69) is 5.32 Å². The molecular formula is C17H20F3NO. The fourth-order valence-electron chi connectivity index (χ4n) is 1.66. The number of hydrogen-bond donors (Lipinski definition) is 1. The van der Waals surface area contributed by atoms with Gasteiger partial charge < -0.3 is 5.32 Å². The Bertz CT molecular complexity index is 545. The van der Waals surface area contributed by atoms with Crippen molar-refractivity contribution in [2.24, 2.45) is 5.92 Å². The molecule has 0 fully saturated rings. The quantitative estimate of drug-likeness (QED) is 0.621. The molecule has 0 bridgehead atoms. The van der Waals surface area contributed by atoms with Crippen LogP contribution in [0, 0.1) is 5.92 Å². The van der Waals surface area contributed by atoms with Crippen molar-refractivity contribution in [1.82, 2.24) is 5.32 Å². The van der Waals surface area contributed by atoms with E-state index >= 15 is 0 Å². The molecule has 0 aromatic heterocycles. The van der Waals surface area contributed by atoms with Gasteiger partial charge in [0, 0.05) is 12.6 Å². The number of carbonyl (C=O) groups excluding carboxylic acids is 1. The van der Waals surface area contributed by atoms with E-state index < -0.39 is 11.7 Å². The van der Waals surface area contributed by atoms with Crippen LogP contribution in [0.1, 0.15) is 25.0 Å². The Morgan fingerprint density at radius 3 is 2.64 bits per heavy atom. The lowest BCUT2D eigenvalue weighted by molar-refractivity contribution is -0.137. The van der Waals surface area contributed by atoms with Gasteiger partial charge >= 0.3 is 6.18 Å². The Labute approximate surface area is 128 Å². The van der Waals surface area contributed by atoms with Crippen LogP contribution in [0.25, 0.3) is 0 Å². The third-order valence-corrected chi connectivity index (χ3v) is 2.79. The first kappa shape index (κ1) is 18.0. The molecule has 0 heterocycles. The van der Waals surface area contributed by atoms with Crippen molar-refractivity contribution in [1.29, 1.82) is 0 Å². The summed E-state index contributed by atoms with van der Waals surface area (Å²) in [5, 5.41) is 2.73. The first-order chi connectivity index (χ1) is 10.3. The Morgan fingerprint density at radius 1 is 1.27 bits per heavy atom. The fraction of sp³-hybridized carbons (Fsp3) is 0.353. The summed E-state index contributed by atoms with van der Waals surface area (Å²) >= 11 is 0. The van der Waals surface area contributed by atoms with Gasteiger partial charge in [-0.2, -0.15) is 13.2 Å². The summed E-state index contributed by atoms with van der Waals surface area (Å²) in [6.45, 7) is 4.61. The monoisotopic (exact) mass is 311 g/mol. The number of alkyl halides is 3. The van der Waals surface area contributed by atoms with E-state index in [0.717, 1.165) is 12.1 Å². The van der Waals surface area contributed by atoms with Gasteiger partial charge in [0.1, 0.15) is 0 Å². The van der Waals surface area contributed by atoms with Crippen LogP contribution in [-0.2, 0) is 17.4 Å². The van der Waals surface area contributed by atoms with Crippen LogP contribution < -0.4 is 5.32 Å². The molecule has 120 valence electrons. The van der Waals surface area contributed by atoms with Crippen molar-refractivity contribution in [3.8, 4) is 0 Å². The Morgan fingerprint density at radius 2 is 2.00 bits per heavy atom. The van der Waals surface area contributed by atoms with Crippen LogP contribution in [0.5, 0.6) is 0 Å². The fourth-order valence-corrected chi connectivity index (χ4v) is 1.66. The Hall–Kier alpha value is -2.04. The second kappa shape index (κ2) is 8.41. The lowest BCUT2D eigenvalue weighted by atomic mass is 10.1. The maximum atomic E-state index is 12.6. The molecule has 0 unspecified atom stereocenters. The van der Waals surface area contributed by atoms with Crippen LogP contribution in [-0.4, -0.2) is 12.5 Å². The molecule has 0 aliphatic heterocycles. The highest BCUT2D eigenvalue weighted by Crippen LogP contribution is 2.29. The molecule has 0 aliphatic rings. The predicted octanol–water partition coefficient (Wildman–Crippen LogP) is 4.13. The van der Waals surface area contributed by atoms with Crippen molar-refractivity contribution in [2.45, 2.75) is 26.4 Å². The zero-order chi connectivity index (χ0) is 16.6. The van der Waals surface area contributed by atoms with Gasteiger partial charge in [0.15, 0.2) is 0 Å². The number of benzene rings is 1. The van der Waals surface area contributed by atoms with Gasteiger partial charge in [-0.1, -0.05) is 50.3 Å². The largest absolute Gasteiger partial charge is 0.416 e. The maximum Gasteiger partial charge on any atom is 0.416 e. The topological polar surface area (TPSA) is 29.1 Å². The van der Waals surface area contributed by atoms with Crippen LogP contribution in [0.2, 0.25) is 0 Å². The normalized spacial score (nSPS) is 12.5. The molecule has 1 amide bonds. The standard InChI is InChI=1S/C17H20F3NO/c1-13(2)12-21-16(22)10-5-3-4-7-14-8-6-9-15(11-14)17(18,19)20/h3-6,8-11,13H,7,12H2,1-2H3,(H,21,22)/b4-3+,10-5+. The van der Waals surface area contributed by atoms with Gasteiger partial charge in [0.05, 0.1) is 5.56 Å². The van der Waals surface area contributed by atoms with Gasteiger partial charge in [-0.05, 0) is 24.0 Å². The van der Waals surface area contributed by atoms with Crippen LogP contribution in [0.4, 0.5) is 13.2 Å². The number of allylic oxidation sites excluding steroid dienone is 3. The Balaban J connectivity index is 2.48. The summed E-state index contributed by atoms with van der Waals surface area (Å²) in [5.74, 6) is 0.200. The summed E-state index contributed by atoms with van der Waals surface area (Å²) in [7, 11) is 0. The van der Waals surface area contributed by atoms with Crippen molar-refractivity contribution in [3.05, 3.63) is 59.7 Å². The molecule has 2 nitrogen and oxygen atoms in total. The molecule has 0 aliphatic carbocycles. The zero-order valence-electron chi connectivity index (χ0n) is 12.7. The van der Waals surface area contributed by atoms with Crippen LogP contribution in [0.3, 0.4) is 0 Å². The molecule has 1 rings (SSSR count). The lowest BCUT2D eigenvalue weighted by Gasteiger charge is -2.07.